The summed E-state index contributed by atoms with van der Waals surface area (Å²) in [5.74, 6) is -0.473. The van der Waals surface area contributed by atoms with Crippen molar-refractivity contribution < 1.29 is 19.4 Å². The van der Waals surface area contributed by atoms with Crippen molar-refractivity contribution in [1.82, 2.24) is 0 Å². The smallest absolute Gasteiger partial charge is 0.330 e. The maximum absolute atomic E-state index is 10.8. The van der Waals surface area contributed by atoms with Crippen molar-refractivity contribution in [3.8, 4) is 0 Å². The maximum Gasteiger partial charge on any atom is 0.330 e. The topological polar surface area (TPSA) is 55.8 Å². The van der Waals surface area contributed by atoms with Crippen LogP contribution in [0.5, 0.6) is 0 Å². The average molecular weight is 250 g/mol. The van der Waals surface area contributed by atoms with Gasteiger partial charge in [-0.2, -0.15) is 0 Å². The third-order valence-corrected chi connectivity index (χ3v) is 2.33. The van der Waals surface area contributed by atoms with Gasteiger partial charge in [0.25, 0.3) is 0 Å². The van der Waals surface area contributed by atoms with Gasteiger partial charge in [0.1, 0.15) is 0 Å². The fourth-order valence-corrected chi connectivity index (χ4v) is 1.32. The van der Waals surface area contributed by atoms with E-state index >= 15 is 0 Å². The van der Waals surface area contributed by atoms with Crippen molar-refractivity contribution in [3.63, 3.8) is 0 Å². The summed E-state index contributed by atoms with van der Waals surface area (Å²) in [6.45, 7) is 0.954. The van der Waals surface area contributed by atoms with E-state index in [2.05, 4.69) is 4.74 Å². The van der Waals surface area contributed by atoms with Crippen molar-refractivity contribution in [1.29, 1.82) is 0 Å². The standard InChI is InChI=1S/C14H18O4/c1-17-14(16)8-7-13(15)9-10-18-11-12-5-3-2-4-6-12/h2-8,13,15H,9-11H2,1H3/b8-7+/t13-/m1/s1. The fourth-order valence-electron chi connectivity index (χ4n) is 1.32. The number of carbonyl (C=O) groups is 1. The van der Waals surface area contributed by atoms with Crippen LogP contribution in [0.3, 0.4) is 0 Å². The van der Waals surface area contributed by atoms with Crippen LogP contribution in [0, 0.1) is 0 Å². The molecule has 0 heterocycles. The second-order valence-electron chi connectivity index (χ2n) is 3.78. The van der Waals surface area contributed by atoms with Crippen LogP contribution >= 0.6 is 0 Å². The Balaban J connectivity index is 2.14. The first-order valence-electron chi connectivity index (χ1n) is 5.78. The molecule has 0 saturated heterocycles. The van der Waals surface area contributed by atoms with E-state index in [0.29, 0.717) is 19.6 Å². The number of ether oxygens (including phenoxy) is 2. The first-order valence-corrected chi connectivity index (χ1v) is 5.78. The highest BCUT2D eigenvalue weighted by Crippen LogP contribution is 2.02. The first-order chi connectivity index (χ1) is 8.72. The van der Waals surface area contributed by atoms with Gasteiger partial charge in [0.15, 0.2) is 0 Å². The Kier molecular flexibility index (Phi) is 6.76. The van der Waals surface area contributed by atoms with Gasteiger partial charge < -0.3 is 14.6 Å². The van der Waals surface area contributed by atoms with Gasteiger partial charge >= 0.3 is 5.97 Å². The summed E-state index contributed by atoms with van der Waals surface area (Å²) in [4.78, 5) is 10.8. The van der Waals surface area contributed by atoms with Crippen molar-refractivity contribution in [3.05, 3.63) is 48.0 Å². The average Bonchev–Trinajstić information content (AvgIpc) is 2.42. The Bertz CT molecular complexity index is 373. The summed E-state index contributed by atoms with van der Waals surface area (Å²) >= 11 is 0. The van der Waals surface area contributed by atoms with Gasteiger partial charge in [-0.05, 0) is 11.6 Å². The lowest BCUT2D eigenvalue weighted by Gasteiger charge is -2.06. The zero-order valence-electron chi connectivity index (χ0n) is 10.4. The molecular weight excluding hydrogens is 232 g/mol. The molecule has 0 fully saturated rings. The Labute approximate surface area is 107 Å². The Morgan fingerprint density at radius 2 is 2.11 bits per heavy atom. The number of carbonyl (C=O) groups excluding carboxylic acids is 1. The minimum atomic E-state index is -0.695. The molecule has 1 rings (SSSR count). The van der Waals surface area contributed by atoms with Crippen LogP contribution in [0.4, 0.5) is 0 Å². The maximum atomic E-state index is 10.8. The Morgan fingerprint density at radius 3 is 2.78 bits per heavy atom. The fraction of sp³-hybridized carbons (Fsp3) is 0.357. The molecule has 0 spiro atoms. The van der Waals surface area contributed by atoms with Crippen LogP contribution < -0.4 is 0 Å². The lowest BCUT2D eigenvalue weighted by Crippen LogP contribution is -2.08. The second kappa shape index (κ2) is 8.44. The predicted molar refractivity (Wildman–Crippen MR) is 67.9 cm³/mol. The largest absolute Gasteiger partial charge is 0.466 e. The van der Waals surface area contributed by atoms with E-state index < -0.39 is 12.1 Å². The number of benzene rings is 1. The zero-order valence-corrected chi connectivity index (χ0v) is 10.4. The monoisotopic (exact) mass is 250 g/mol. The highest BCUT2D eigenvalue weighted by molar-refractivity contribution is 5.81. The number of hydrogen-bond donors (Lipinski definition) is 1. The van der Waals surface area contributed by atoms with E-state index in [1.165, 1.54) is 19.3 Å². The normalized spacial score (nSPS) is 12.6. The Morgan fingerprint density at radius 1 is 1.39 bits per heavy atom. The van der Waals surface area contributed by atoms with Crippen LogP contribution in [0.25, 0.3) is 0 Å². The summed E-state index contributed by atoms with van der Waals surface area (Å²) < 4.78 is 9.83. The lowest BCUT2D eigenvalue weighted by atomic mass is 10.2. The number of methoxy groups -OCH3 is 1. The van der Waals surface area contributed by atoms with E-state index in [-0.39, 0.29) is 0 Å². The molecule has 0 saturated carbocycles. The molecule has 1 N–H and O–H groups in total. The minimum Gasteiger partial charge on any atom is -0.466 e. The van der Waals surface area contributed by atoms with Crippen LogP contribution in [0.2, 0.25) is 0 Å². The molecule has 0 unspecified atom stereocenters. The number of hydrogen-bond acceptors (Lipinski definition) is 4. The van der Waals surface area contributed by atoms with Crippen LogP contribution in [-0.4, -0.2) is 30.9 Å². The molecule has 18 heavy (non-hydrogen) atoms. The van der Waals surface area contributed by atoms with E-state index in [0.717, 1.165) is 5.56 Å². The van der Waals surface area contributed by atoms with Gasteiger partial charge in [0.05, 0.1) is 19.8 Å². The SMILES string of the molecule is COC(=O)/C=C/[C@@H](O)CCOCc1ccccc1. The van der Waals surface area contributed by atoms with E-state index in [9.17, 15) is 9.90 Å². The molecule has 0 aromatic heterocycles. The Hall–Kier alpha value is -1.65. The molecule has 1 aromatic carbocycles. The van der Waals surface area contributed by atoms with E-state index in [4.69, 9.17) is 4.74 Å². The van der Waals surface area contributed by atoms with Crippen molar-refractivity contribution in [2.75, 3.05) is 13.7 Å². The number of esters is 1. The summed E-state index contributed by atoms with van der Waals surface area (Å²) in [6, 6.07) is 9.81. The third-order valence-electron chi connectivity index (χ3n) is 2.33. The molecular formula is C14H18O4. The number of aliphatic hydroxyl groups is 1. The van der Waals surface area contributed by atoms with Crippen molar-refractivity contribution in [2.45, 2.75) is 19.1 Å². The van der Waals surface area contributed by atoms with Gasteiger partial charge in [0, 0.05) is 19.1 Å². The molecule has 0 aliphatic heterocycles. The van der Waals surface area contributed by atoms with Gasteiger partial charge in [-0.15, -0.1) is 0 Å². The molecule has 0 bridgehead atoms. The molecule has 0 aliphatic rings. The quantitative estimate of drug-likeness (QED) is 0.454. The van der Waals surface area contributed by atoms with Gasteiger partial charge in [-0.25, -0.2) is 4.79 Å². The van der Waals surface area contributed by atoms with Crippen LogP contribution in [0.15, 0.2) is 42.5 Å². The van der Waals surface area contributed by atoms with Gasteiger partial charge in [-0.3, -0.25) is 0 Å². The molecule has 4 nitrogen and oxygen atoms in total. The predicted octanol–water partition coefficient (Wildman–Crippen LogP) is 1.68. The van der Waals surface area contributed by atoms with Crippen molar-refractivity contribution >= 4 is 5.97 Å². The summed E-state index contributed by atoms with van der Waals surface area (Å²) in [7, 11) is 1.29. The molecule has 0 aliphatic carbocycles. The summed E-state index contributed by atoms with van der Waals surface area (Å²) in [6.07, 6.45) is 2.36. The third kappa shape index (κ3) is 6.18. The highest BCUT2D eigenvalue weighted by Gasteiger charge is 2.01. The summed E-state index contributed by atoms with van der Waals surface area (Å²) in [5, 5.41) is 9.52. The van der Waals surface area contributed by atoms with E-state index in [1.54, 1.807) is 0 Å². The van der Waals surface area contributed by atoms with Gasteiger partial charge in [0.2, 0.25) is 0 Å². The van der Waals surface area contributed by atoms with Gasteiger partial charge in [-0.1, -0.05) is 30.3 Å². The second-order valence-corrected chi connectivity index (χ2v) is 3.78. The molecule has 4 heteroatoms. The van der Waals surface area contributed by atoms with Crippen LogP contribution in [-0.2, 0) is 20.9 Å². The zero-order chi connectivity index (χ0) is 13.2. The molecule has 0 radical (unpaired) electrons. The summed E-state index contributed by atoms with van der Waals surface area (Å²) in [5.41, 5.74) is 1.09. The molecule has 1 aromatic rings. The molecule has 0 amide bonds. The minimum absolute atomic E-state index is 0.432. The van der Waals surface area contributed by atoms with Crippen LogP contribution in [0.1, 0.15) is 12.0 Å². The number of aliphatic hydroxyl groups excluding tert-OH is 1. The van der Waals surface area contributed by atoms with E-state index in [1.807, 2.05) is 30.3 Å². The lowest BCUT2D eigenvalue weighted by molar-refractivity contribution is -0.134. The van der Waals surface area contributed by atoms with Crippen molar-refractivity contribution in [2.24, 2.45) is 0 Å². The number of rotatable bonds is 7. The molecule has 1 atom stereocenters. The highest BCUT2D eigenvalue weighted by atomic mass is 16.5. The molecule has 98 valence electrons. The first kappa shape index (κ1) is 14.4.